The number of benzene rings is 1. The number of halogens is 1. The van der Waals surface area contributed by atoms with Gasteiger partial charge in [0.15, 0.2) is 11.6 Å². The van der Waals surface area contributed by atoms with Gasteiger partial charge in [-0.25, -0.2) is 4.39 Å². The third-order valence-electron chi connectivity index (χ3n) is 2.17. The number of rotatable bonds is 1. The molecule has 1 heterocycles. The van der Waals surface area contributed by atoms with Crippen LogP contribution in [0.3, 0.4) is 0 Å². The second-order valence-corrected chi connectivity index (χ2v) is 2.94. The third-order valence-corrected chi connectivity index (χ3v) is 2.17. The third kappa shape index (κ3) is 1.08. The van der Waals surface area contributed by atoms with Gasteiger partial charge in [-0.3, -0.25) is 0 Å². The van der Waals surface area contributed by atoms with E-state index in [0.717, 1.165) is 10.9 Å². The Bertz CT molecular complexity index is 447. The van der Waals surface area contributed by atoms with Gasteiger partial charge in [-0.05, 0) is 18.2 Å². The van der Waals surface area contributed by atoms with Crippen LogP contribution in [0.25, 0.3) is 10.9 Å². The Balaban J connectivity index is 2.85. The molecule has 0 saturated carbocycles. The molecule has 0 saturated heterocycles. The van der Waals surface area contributed by atoms with E-state index in [-0.39, 0.29) is 5.82 Å². The maximum absolute atomic E-state index is 13.2. The van der Waals surface area contributed by atoms with E-state index in [1.54, 1.807) is 6.07 Å². The number of hydrogen-bond acceptors (Lipinski definition) is 1. The molecule has 0 aliphatic heterocycles. The summed E-state index contributed by atoms with van der Waals surface area (Å²) in [4.78, 5) is 0. The van der Waals surface area contributed by atoms with Crippen molar-refractivity contribution in [3.63, 3.8) is 0 Å². The van der Waals surface area contributed by atoms with Gasteiger partial charge in [-0.2, -0.15) is 0 Å². The van der Waals surface area contributed by atoms with Gasteiger partial charge in [-0.1, -0.05) is 0 Å². The average Bonchev–Trinajstić information content (AvgIpc) is 2.48. The molecule has 1 aromatic heterocycles. The Morgan fingerprint density at radius 2 is 2.08 bits per heavy atom. The Morgan fingerprint density at radius 1 is 1.31 bits per heavy atom. The highest BCUT2D eigenvalue weighted by atomic mass is 19.1. The van der Waals surface area contributed by atoms with E-state index < -0.39 is 0 Å². The Kier molecular flexibility index (Phi) is 1.72. The predicted octanol–water partition coefficient (Wildman–Crippen LogP) is 2.33. The summed E-state index contributed by atoms with van der Waals surface area (Å²) in [5.74, 6) is -0.000648. The molecule has 0 atom stereocenters. The molecular formula is C10H10FNO. The fourth-order valence-corrected chi connectivity index (χ4v) is 1.51. The van der Waals surface area contributed by atoms with Crippen LogP contribution in [0.5, 0.6) is 5.75 Å². The highest BCUT2D eigenvalue weighted by molar-refractivity contribution is 5.86. The second-order valence-electron chi connectivity index (χ2n) is 2.94. The molecule has 2 rings (SSSR count). The van der Waals surface area contributed by atoms with Crippen molar-refractivity contribution in [2.24, 2.45) is 7.05 Å². The van der Waals surface area contributed by atoms with Crippen molar-refractivity contribution in [3.05, 3.63) is 30.2 Å². The molecule has 2 aromatic rings. The molecule has 0 bridgehead atoms. The zero-order chi connectivity index (χ0) is 9.42. The fourth-order valence-electron chi connectivity index (χ4n) is 1.51. The highest BCUT2D eigenvalue weighted by Crippen LogP contribution is 2.28. The lowest BCUT2D eigenvalue weighted by Crippen LogP contribution is -1.90. The number of fused-ring (bicyclic) bond motifs is 1. The first kappa shape index (κ1) is 8.10. The Labute approximate surface area is 75.5 Å². The van der Waals surface area contributed by atoms with E-state index in [2.05, 4.69) is 0 Å². The van der Waals surface area contributed by atoms with Crippen LogP contribution in [0.1, 0.15) is 0 Å². The van der Waals surface area contributed by atoms with Crippen LogP contribution in [0, 0.1) is 5.82 Å². The SMILES string of the molecule is COc1c(F)ccc2c1ccn2C. The van der Waals surface area contributed by atoms with Crippen molar-refractivity contribution in [1.82, 2.24) is 4.57 Å². The highest BCUT2D eigenvalue weighted by Gasteiger charge is 2.08. The molecule has 0 N–H and O–H groups in total. The van der Waals surface area contributed by atoms with E-state index in [1.165, 1.54) is 13.2 Å². The standard InChI is InChI=1S/C10H10FNO/c1-12-6-5-7-9(12)4-3-8(11)10(7)13-2/h3-6H,1-2H3. The predicted molar refractivity (Wildman–Crippen MR) is 49.4 cm³/mol. The number of nitrogens with zero attached hydrogens (tertiary/aromatic N) is 1. The van der Waals surface area contributed by atoms with E-state index in [4.69, 9.17) is 4.74 Å². The fraction of sp³-hybridized carbons (Fsp3) is 0.200. The van der Waals surface area contributed by atoms with Crippen molar-refractivity contribution in [3.8, 4) is 5.75 Å². The molecular weight excluding hydrogens is 169 g/mol. The maximum Gasteiger partial charge on any atom is 0.165 e. The molecule has 1 aromatic carbocycles. The van der Waals surface area contributed by atoms with E-state index >= 15 is 0 Å². The average molecular weight is 179 g/mol. The summed E-state index contributed by atoms with van der Waals surface area (Å²) in [6.07, 6.45) is 1.88. The molecule has 3 heteroatoms. The molecule has 0 amide bonds. The van der Waals surface area contributed by atoms with Gasteiger partial charge in [0.05, 0.1) is 12.6 Å². The smallest absolute Gasteiger partial charge is 0.165 e. The first-order valence-electron chi connectivity index (χ1n) is 4.01. The van der Waals surface area contributed by atoms with Gasteiger partial charge in [0, 0.05) is 18.6 Å². The van der Waals surface area contributed by atoms with Gasteiger partial charge >= 0.3 is 0 Å². The summed E-state index contributed by atoms with van der Waals surface area (Å²) in [5.41, 5.74) is 0.971. The largest absolute Gasteiger partial charge is 0.493 e. The quantitative estimate of drug-likeness (QED) is 0.655. The summed E-state index contributed by atoms with van der Waals surface area (Å²) >= 11 is 0. The summed E-state index contributed by atoms with van der Waals surface area (Å²) in [5, 5.41) is 0.810. The molecule has 0 spiro atoms. The van der Waals surface area contributed by atoms with Gasteiger partial charge in [-0.15, -0.1) is 0 Å². The molecule has 0 radical (unpaired) electrons. The molecule has 0 fully saturated rings. The summed E-state index contributed by atoms with van der Waals surface area (Å²) < 4.78 is 20.1. The zero-order valence-electron chi connectivity index (χ0n) is 7.54. The van der Waals surface area contributed by atoms with Crippen molar-refractivity contribution >= 4 is 10.9 Å². The van der Waals surface area contributed by atoms with Crippen molar-refractivity contribution in [1.29, 1.82) is 0 Å². The van der Waals surface area contributed by atoms with Crippen LogP contribution in [0.2, 0.25) is 0 Å². The van der Waals surface area contributed by atoms with Crippen LogP contribution in [-0.2, 0) is 7.05 Å². The molecule has 0 unspecified atom stereocenters. The number of aryl methyl sites for hydroxylation is 1. The van der Waals surface area contributed by atoms with Crippen LogP contribution in [0.4, 0.5) is 4.39 Å². The Hall–Kier alpha value is -1.51. The number of methoxy groups -OCH3 is 1. The van der Waals surface area contributed by atoms with E-state index in [1.807, 2.05) is 23.9 Å². The van der Waals surface area contributed by atoms with Crippen molar-refractivity contribution in [2.45, 2.75) is 0 Å². The molecule has 2 nitrogen and oxygen atoms in total. The zero-order valence-corrected chi connectivity index (χ0v) is 7.54. The normalized spacial score (nSPS) is 10.7. The van der Waals surface area contributed by atoms with Gasteiger partial charge < -0.3 is 9.30 Å². The lowest BCUT2D eigenvalue weighted by Gasteiger charge is -2.03. The summed E-state index contributed by atoms with van der Waals surface area (Å²) in [7, 11) is 3.39. The molecule has 0 aliphatic rings. The first-order chi connectivity index (χ1) is 6.24. The number of hydrogen-bond donors (Lipinski definition) is 0. The molecule has 68 valence electrons. The summed E-state index contributed by atoms with van der Waals surface area (Å²) in [6, 6.07) is 5.01. The van der Waals surface area contributed by atoms with Crippen LogP contribution in [-0.4, -0.2) is 11.7 Å². The van der Waals surface area contributed by atoms with Crippen molar-refractivity contribution in [2.75, 3.05) is 7.11 Å². The van der Waals surface area contributed by atoms with Crippen LogP contribution < -0.4 is 4.74 Å². The minimum Gasteiger partial charge on any atom is -0.493 e. The lowest BCUT2D eigenvalue weighted by atomic mass is 10.2. The number of ether oxygens (including phenoxy) is 1. The van der Waals surface area contributed by atoms with Crippen LogP contribution in [0.15, 0.2) is 24.4 Å². The van der Waals surface area contributed by atoms with Gasteiger partial charge in [0.1, 0.15) is 0 Å². The Morgan fingerprint density at radius 3 is 2.77 bits per heavy atom. The summed E-state index contributed by atoms with van der Waals surface area (Å²) in [6.45, 7) is 0. The first-order valence-corrected chi connectivity index (χ1v) is 4.01. The monoisotopic (exact) mass is 179 g/mol. The minimum absolute atomic E-state index is 0.318. The lowest BCUT2D eigenvalue weighted by molar-refractivity contribution is 0.392. The van der Waals surface area contributed by atoms with Gasteiger partial charge in [0.25, 0.3) is 0 Å². The minimum atomic E-state index is -0.318. The van der Waals surface area contributed by atoms with Gasteiger partial charge in [0.2, 0.25) is 0 Å². The van der Waals surface area contributed by atoms with Crippen LogP contribution >= 0.6 is 0 Å². The second kappa shape index (κ2) is 2.76. The molecule has 0 aliphatic carbocycles. The topological polar surface area (TPSA) is 14.2 Å². The van der Waals surface area contributed by atoms with Crippen molar-refractivity contribution < 1.29 is 9.13 Å². The maximum atomic E-state index is 13.2. The van der Waals surface area contributed by atoms with E-state index in [9.17, 15) is 4.39 Å². The van der Waals surface area contributed by atoms with E-state index in [0.29, 0.717) is 5.75 Å². The number of aromatic nitrogens is 1. The molecule has 13 heavy (non-hydrogen) atoms.